The van der Waals surface area contributed by atoms with Gasteiger partial charge in [0.05, 0.1) is 0 Å². The lowest BCUT2D eigenvalue weighted by atomic mass is 10.0. The molecular formula is C16H28N2O. The van der Waals surface area contributed by atoms with E-state index in [4.69, 9.17) is 4.74 Å². The summed E-state index contributed by atoms with van der Waals surface area (Å²) in [5.74, 6) is 0. The van der Waals surface area contributed by atoms with E-state index in [-0.39, 0.29) is 0 Å². The van der Waals surface area contributed by atoms with E-state index in [1.54, 1.807) is 7.11 Å². The molecule has 1 N–H and O–H groups in total. The molecule has 0 fully saturated rings. The number of methoxy groups -OCH3 is 1. The molecule has 1 atom stereocenters. The summed E-state index contributed by atoms with van der Waals surface area (Å²) in [6, 6.07) is 9.25. The van der Waals surface area contributed by atoms with E-state index >= 15 is 0 Å². The molecule has 0 saturated carbocycles. The average molecular weight is 264 g/mol. The fraction of sp³-hybridized carbons (Fsp3) is 0.625. The molecular weight excluding hydrogens is 236 g/mol. The SMILES string of the molecule is CNC(CCN(C)CCCOC)c1ccc(C)cc1. The highest BCUT2D eigenvalue weighted by Gasteiger charge is 2.09. The summed E-state index contributed by atoms with van der Waals surface area (Å²) in [5, 5.41) is 3.41. The maximum absolute atomic E-state index is 5.08. The number of ether oxygens (including phenoxy) is 1. The number of hydrogen-bond acceptors (Lipinski definition) is 3. The van der Waals surface area contributed by atoms with Crippen LogP contribution >= 0.6 is 0 Å². The van der Waals surface area contributed by atoms with Gasteiger partial charge in [-0.1, -0.05) is 29.8 Å². The Kier molecular flexibility index (Phi) is 7.72. The van der Waals surface area contributed by atoms with Crippen LogP contribution in [0.4, 0.5) is 0 Å². The zero-order valence-electron chi connectivity index (χ0n) is 12.8. The number of hydrogen-bond donors (Lipinski definition) is 1. The van der Waals surface area contributed by atoms with Crippen molar-refractivity contribution >= 4 is 0 Å². The Morgan fingerprint density at radius 2 is 1.89 bits per heavy atom. The molecule has 0 aliphatic carbocycles. The first-order valence-corrected chi connectivity index (χ1v) is 7.08. The van der Waals surface area contributed by atoms with Gasteiger partial charge in [0.25, 0.3) is 0 Å². The second kappa shape index (κ2) is 9.08. The Morgan fingerprint density at radius 3 is 2.47 bits per heavy atom. The number of aryl methyl sites for hydroxylation is 1. The lowest BCUT2D eigenvalue weighted by molar-refractivity contribution is 0.178. The van der Waals surface area contributed by atoms with Gasteiger partial charge in [-0.3, -0.25) is 0 Å². The fourth-order valence-corrected chi connectivity index (χ4v) is 2.22. The van der Waals surface area contributed by atoms with Crippen LogP contribution in [-0.2, 0) is 4.74 Å². The summed E-state index contributed by atoms with van der Waals surface area (Å²) in [6.07, 6.45) is 2.23. The molecule has 0 aliphatic heterocycles. The van der Waals surface area contributed by atoms with Crippen molar-refractivity contribution in [1.82, 2.24) is 10.2 Å². The van der Waals surface area contributed by atoms with E-state index in [2.05, 4.69) is 48.5 Å². The fourth-order valence-electron chi connectivity index (χ4n) is 2.22. The quantitative estimate of drug-likeness (QED) is 0.694. The molecule has 0 heterocycles. The Morgan fingerprint density at radius 1 is 1.21 bits per heavy atom. The predicted octanol–water partition coefficient (Wildman–Crippen LogP) is 2.61. The summed E-state index contributed by atoms with van der Waals surface area (Å²) < 4.78 is 5.08. The minimum absolute atomic E-state index is 0.436. The van der Waals surface area contributed by atoms with Crippen molar-refractivity contribution in [2.45, 2.75) is 25.8 Å². The van der Waals surface area contributed by atoms with Crippen molar-refractivity contribution in [3.05, 3.63) is 35.4 Å². The highest BCUT2D eigenvalue weighted by molar-refractivity contribution is 5.24. The molecule has 0 saturated heterocycles. The topological polar surface area (TPSA) is 24.5 Å². The molecule has 19 heavy (non-hydrogen) atoms. The molecule has 1 aromatic carbocycles. The van der Waals surface area contributed by atoms with Gasteiger partial charge < -0.3 is 15.0 Å². The van der Waals surface area contributed by atoms with Gasteiger partial charge >= 0.3 is 0 Å². The summed E-state index contributed by atoms with van der Waals surface area (Å²) >= 11 is 0. The van der Waals surface area contributed by atoms with Crippen LogP contribution in [0.15, 0.2) is 24.3 Å². The number of benzene rings is 1. The number of nitrogens with one attached hydrogen (secondary N) is 1. The van der Waals surface area contributed by atoms with Crippen molar-refractivity contribution < 1.29 is 4.74 Å². The molecule has 0 amide bonds. The molecule has 0 aliphatic rings. The third kappa shape index (κ3) is 6.19. The molecule has 0 aromatic heterocycles. The molecule has 1 unspecified atom stereocenters. The van der Waals surface area contributed by atoms with E-state index < -0.39 is 0 Å². The molecule has 0 spiro atoms. The van der Waals surface area contributed by atoms with Gasteiger partial charge in [-0.2, -0.15) is 0 Å². The van der Waals surface area contributed by atoms with Gasteiger partial charge in [-0.25, -0.2) is 0 Å². The standard InChI is InChI=1S/C16H28N2O/c1-14-6-8-15(9-7-14)16(17-2)10-12-18(3)11-5-13-19-4/h6-9,16-17H,5,10-13H2,1-4H3. The van der Waals surface area contributed by atoms with Crippen molar-refractivity contribution in [3.63, 3.8) is 0 Å². The van der Waals surface area contributed by atoms with E-state index in [1.807, 2.05) is 7.05 Å². The molecule has 108 valence electrons. The Bertz CT molecular complexity index is 337. The Labute approximate surface area is 118 Å². The van der Waals surface area contributed by atoms with Crippen LogP contribution in [0, 0.1) is 6.92 Å². The smallest absolute Gasteiger partial charge is 0.0474 e. The second-order valence-electron chi connectivity index (χ2n) is 5.19. The highest BCUT2D eigenvalue weighted by Crippen LogP contribution is 2.17. The minimum Gasteiger partial charge on any atom is -0.385 e. The van der Waals surface area contributed by atoms with Crippen LogP contribution in [-0.4, -0.2) is 45.8 Å². The van der Waals surface area contributed by atoms with Gasteiger partial charge in [0, 0.05) is 26.3 Å². The minimum atomic E-state index is 0.436. The van der Waals surface area contributed by atoms with E-state index in [0.717, 1.165) is 32.5 Å². The molecule has 1 aromatic rings. The van der Waals surface area contributed by atoms with Crippen LogP contribution < -0.4 is 5.32 Å². The maximum Gasteiger partial charge on any atom is 0.0474 e. The molecule has 3 heteroatoms. The van der Waals surface area contributed by atoms with Crippen LogP contribution in [0.25, 0.3) is 0 Å². The summed E-state index contributed by atoms with van der Waals surface area (Å²) in [6.45, 7) is 5.17. The van der Waals surface area contributed by atoms with Crippen LogP contribution in [0.5, 0.6) is 0 Å². The van der Waals surface area contributed by atoms with Gasteiger partial charge in [0.15, 0.2) is 0 Å². The molecule has 1 rings (SSSR count). The maximum atomic E-state index is 5.08. The van der Waals surface area contributed by atoms with Crippen LogP contribution in [0.1, 0.15) is 30.0 Å². The van der Waals surface area contributed by atoms with Crippen molar-refractivity contribution in [2.24, 2.45) is 0 Å². The lowest BCUT2D eigenvalue weighted by Crippen LogP contribution is -2.26. The average Bonchev–Trinajstić information content (AvgIpc) is 2.41. The molecule has 3 nitrogen and oxygen atoms in total. The monoisotopic (exact) mass is 264 g/mol. The largest absolute Gasteiger partial charge is 0.385 e. The predicted molar refractivity (Wildman–Crippen MR) is 81.6 cm³/mol. The summed E-state index contributed by atoms with van der Waals surface area (Å²) in [5.41, 5.74) is 2.69. The lowest BCUT2D eigenvalue weighted by Gasteiger charge is -2.22. The summed E-state index contributed by atoms with van der Waals surface area (Å²) in [4.78, 5) is 2.37. The zero-order chi connectivity index (χ0) is 14.1. The zero-order valence-corrected chi connectivity index (χ0v) is 12.8. The first-order valence-electron chi connectivity index (χ1n) is 7.08. The van der Waals surface area contributed by atoms with Gasteiger partial charge in [-0.05, 0) is 46.0 Å². The van der Waals surface area contributed by atoms with Crippen molar-refractivity contribution in [2.75, 3.05) is 40.9 Å². The van der Waals surface area contributed by atoms with Crippen LogP contribution in [0.3, 0.4) is 0 Å². The number of nitrogens with zero attached hydrogens (tertiary/aromatic N) is 1. The van der Waals surface area contributed by atoms with Gasteiger partial charge in [0.1, 0.15) is 0 Å². The number of rotatable bonds is 9. The molecule has 0 radical (unpaired) electrons. The third-order valence-electron chi connectivity index (χ3n) is 3.52. The van der Waals surface area contributed by atoms with E-state index in [1.165, 1.54) is 11.1 Å². The van der Waals surface area contributed by atoms with Gasteiger partial charge in [-0.15, -0.1) is 0 Å². The normalized spacial score (nSPS) is 12.9. The summed E-state index contributed by atoms with van der Waals surface area (Å²) in [7, 11) is 5.97. The van der Waals surface area contributed by atoms with Gasteiger partial charge in [0.2, 0.25) is 0 Å². The third-order valence-corrected chi connectivity index (χ3v) is 3.52. The Balaban J connectivity index is 2.38. The first-order chi connectivity index (χ1) is 9.17. The Hall–Kier alpha value is -0.900. The second-order valence-corrected chi connectivity index (χ2v) is 5.19. The highest BCUT2D eigenvalue weighted by atomic mass is 16.5. The van der Waals surface area contributed by atoms with Crippen LogP contribution in [0.2, 0.25) is 0 Å². The van der Waals surface area contributed by atoms with Crippen molar-refractivity contribution in [3.8, 4) is 0 Å². The first kappa shape index (κ1) is 16.2. The van der Waals surface area contributed by atoms with E-state index in [0.29, 0.717) is 6.04 Å². The van der Waals surface area contributed by atoms with E-state index in [9.17, 15) is 0 Å². The molecule has 0 bridgehead atoms. The van der Waals surface area contributed by atoms with Crippen molar-refractivity contribution in [1.29, 1.82) is 0 Å².